The molecule has 0 aliphatic carbocycles. The van der Waals surface area contributed by atoms with Crippen molar-refractivity contribution in [2.45, 2.75) is 25.9 Å². The smallest absolute Gasteiger partial charge is 0.257 e. The average Bonchev–Trinajstić information content (AvgIpc) is 3.05. The number of benzene rings is 1. The molecule has 1 atom stereocenters. The van der Waals surface area contributed by atoms with Crippen LogP contribution >= 0.6 is 23.8 Å². The lowest BCUT2D eigenvalue weighted by molar-refractivity contribution is -0.119. The highest BCUT2D eigenvalue weighted by atomic mass is 35.5. The lowest BCUT2D eigenvalue weighted by Gasteiger charge is -2.15. The van der Waals surface area contributed by atoms with Crippen LogP contribution in [0.15, 0.2) is 18.2 Å². The lowest BCUT2D eigenvalue weighted by Crippen LogP contribution is -2.49. The van der Waals surface area contributed by atoms with Gasteiger partial charge in [0.15, 0.2) is 5.11 Å². The Bertz CT molecular complexity index is 564. The van der Waals surface area contributed by atoms with Crippen LogP contribution in [0.1, 0.15) is 18.4 Å². The van der Waals surface area contributed by atoms with E-state index in [1.165, 1.54) is 0 Å². The molecule has 0 bridgehead atoms. The molecule has 4 N–H and O–H groups in total. The second kappa shape index (κ2) is 8.90. The molecule has 1 fully saturated rings. The van der Waals surface area contributed by atoms with Crippen LogP contribution < -0.4 is 21.5 Å². The molecule has 8 heteroatoms. The Balaban J connectivity index is 1.62. The Kier molecular flexibility index (Phi) is 6.88. The van der Waals surface area contributed by atoms with Crippen molar-refractivity contribution in [3.05, 3.63) is 28.8 Å². The molecule has 0 spiro atoms. The van der Waals surface area contributed by atoms with Crippen LogP contribution in [0.3, 0.4) is 0 Å². The van der Waals surface area contributed by atoms with Gasteiger partial charge in [0.2, 0.25) is 0 Å². The zero-order chi connectivity index (χ0) is 16.7. The highest BCUT2D eigenvalue weighted by Crippen LogP contribution is 2.19. The lowest BCUT2D eigenvalue weighted by atomic mass is 10.2. The Labute approximate surface area is 146 Å². The van der Waals surface area contributed by atoms with Crippen LogP contribution in [0.4, 0.5) is 5.69 Å². The molecule has 1 amide bonds. The van der Waals surface area contributed by atoms with Crippen molar-refractivity contribution in [2.75, 3.05) is 25.0 Å². The van der Waals surface area contributed by atoms with Gasteiger partial charge in [-0.25, -0.2) is 0 Å². The maximum Gasteiger partial charge on any atom is 0.257 e. The third-order valence-electron chi connectivity index (χ3n) is 3.45. The van der Waals surface area contributed by atoms with Gasteiger partial charge in [-0.05, 0) is 49.7 Å². The van der Waals surface area contributed by atoms with Gasteiger partial charge in [0.1, 0.15) is 0 Å². The van der Waals surface area contributed by atoms with Gasteiger partial charge in [0.25, 0.3) is 5.91 Å². The van der Waals surface area contributed by atoms with E-state index >= 15 is 0 Å². The minimum absolute atomic E-state index is 0.112. The summed E-state index contributed by atoms with van der Waals surface area (Å²) in [6.45, 7) is 3.48. The number of halogens is 1. The highest BCUT2D eigenvalue weighted by molar-refractivity contribution is 7.80. The number of carbonyl (C=O) groups excluding carboxylic acids is 1. The normalized spacial score (nSPS) is 16.7. The van der Waals surface area contributed by atoms with E-state index in [0.717, 1.165) is 30.7 Å². The number of amides is 1. The van der Waals surface area contributed by atoms with Gasteiger partial charge in [-0.1, -0.05) is 17.7 Å². The van der Waals surface area contributed by atoms with Crippen LogP contribution in [0.5, 0.6) is 0 Å². The van der Waals surface area contributed by atoms with Gasteiger partial charge < -0.3 is 15.4 Å². The minimum atomic E-state index is -0.233. The first-order valence-corrected chi connectivity index (χ1v) is 8.27. The van der Waals surface area contributed by atoms with E-state index < -0.39 is 0 Å². The molecule has 1 saturated heterocycles. The number of aryl methyl sites for hydroxylation is 1. The summed E-state index contributed by atoms with van der Waals surface area (Å²) < 4.78 is 5.48. The second-order valence-electron chi connectivity index (χ2n) is 5.34. The van der Waals surface area contributed by atoms with E-state index in [1.807, 2.05) is 19.1 Å². The number of hydrazine groups is 1. The van der Waals surface area contributed by atoms with Crippen LogP contribution in [0, 0.1) is 6.92 Å². The van der Waals surface area contributed by atoms with Crippen LogP contribution in [-0.2, 0) is 9.53 Å². The van der Waals surface area contributed by atoms with Gasteiger partial charge in [-0.15, -0.1) is 0 Å². The van der Waals surface area contributed by atoms with Gasteiger partial charge in [0.05, 0.1) is 12.6 Å². The molecule has 1 aliphatic rings. The van der Waals surface area contributed by atoms with Crippen molar-refractivity contribution >= 4 is 40.5 Å². The maximum absolute atomic E-state index is 11.8. The summed E-state index contributed by atoms with van der Waals surface area (Å²) in [6.07, 6.45) is 2.31. The molecule has 6 nitrogen and oxygen atoms in total. The molecular formula is C15H21ClN4O2S. The van der Waals surface area contributed by atoms with E-state index in [0.29, 0.717) is 16.7 Å². The molecule has 1 aliphatic heterocycles. The fourth-order valence-corrected chi connectivity index (χ4v) is 2.43. The van der Waals surface area contributed by atoms with Crippen LogP contribution in [0.25, 0.3) is 0 Å². The van der Waals surface area contributed by atoms with E-state index in [1.54, 1.807) is 6.07 Å². The minimum Gasteiger partial charge on any atom is -0.376 e. The topological polar surface area (TPSA) is 74.4 Å². The predicted octanol–water partition coefficient (Wildman–Crippen LogP) is 1.73. The van der Waals surface area contributed by atoms with Crippen LogP contribution in [0.2, 0.25) is 5.02 Å². The van der Waals surface area contributed by atoms with Crippen molar-refractivity contribution in [1.29, 1.82) is 0 Å². The van der Waals surface area contributed by atoms with Gasteiger partial charge in [-0.3, -0.25) is 15.6 Å². The number of hydrogen-bond acceptors (Lipinski definition) is 4. The molecule has 0 radical (unpaired) electrons. The van der Waals surface area contributed by atoms with Crippen molar-refractivity contribution in [2.24, 2.45) is 0 Å². The first-order valence-electron chi connectivity index (χ1n) is 7.49. The van der Waals surface area contributed by atoms with E-state index in [-0.39, 0.29) is 18.6 Å². The Morgan fingerprint density at radius 3 is 2.96 bits per heavy atom. The number of hydrogen-bond donors (Lipinski definition) is 4. The number of rotatable bonds is 5. The van der Waals surface area contributed by atoms with E-state index in [4.69, 9.17) is 28.6 Å². The summed E-state index contributed by atoms with van der Waals surface area (Å²) in [5.74, 6) is -0.233. The fourth-order valence-electron chi connectivity index (χ4n) is 2.11. The average molecular weight is 357 g/mol. The molecule has 126 valence electrons. The molecule has 2 rings (SSSR count). The van der Waals surface area contributed by atoms with E-state index in [2.05, 4.69) is 21.5 Å². The summed E-state index contributed by atoms with van der Waals surface area (Å²) in [7, 11) is 0. The third kappa shape index (κ3) is 6.21. The fraction of sp³-hybridized carbons (Fsp3) is 0.467. The van der Waals surface area contributed by atoms with E-state index in [9.17, 15) is 4.79 Å². The third-order valence-corrected chi connectivity index (χ3v) is 4.11. The second-order valence-corrected chi connectivity index (χ2v) is 6.15. The monoisotopic (exact) mass is 356 g/mol. The van der Waals surface area contributed by atoms with Crippen LogP contribution in [-0.4, -0.2) is 36.8 Å². The summed E-state index contributed by atoms with van der Waals surface area (Å²) in [4.78, 5) is 11.8. The maximum atomic E-state index is 11.8. The summed E-state index contributed by atoms with van der Waals surface area (Å²) >= 11 is 11.1. The number of nitrogens with one attached hydrogen (secondary N) is 4. The Morgan fingerprint density at radius 1 is 1.43 bits per heavy atom. The van der Waals surface area contributed by atoms with Gasteiger partial charge >= 0.3 is 0 Å². The van der Waals surface area contributed by atoms with Crippen molar-refractivity contribution in [3.63, 3.8) is 0 Å². The summed E-state index contributed by atoms with van der Waals surface area (Å²) in [5.41, 5.74) is 6.97. The Morgan fingerprint density at radius 2 is 2.26 bits per heavy atom. The molecule has 23 heavy (non-hydrogen) atoms. The summed E-state index contributed by atoms with van der Waals surface area (Å²) in [6, 6.07) is 5.55. The number of carbonyl (C=O) groups is 1. The molecule has 1 aromatic carbocycles. The standard InChI is InChI=1S/C15H21ClN4O2S/c1-10-4-5-11(7-13(10)16)17-9-14(21)19-20-15(23)18-8-12-3-2-6-22-12/h4-5,7,12,17H,2-3,6,8-9H2,1H3,(H,19,21)(H2,18,20,23)/t12-/m0/s1. The predicted molar refractivity (Wildman–Crippen MR) is 95.5 cm³/mol. The molecular weight excluding hydrogens is 336 g/mol. The Hall–Kier alpha value is -1.57. The first-order chi connectivity index (χ1) is 11.0. The van der Waals surface area contributed by atoms with Crippen molar-refractivity contribution < 1.29 is 9.53 Å². The zero-order valence-electron chi connectivity index (χ0n) is 12.9. The molecule has 1 aromatic rings. The summed E-state index contributed by atoms with van der Waals surface area (Å²) in [5, 5.41) is 7.03. The quantitative estimate of drug-likeness (QED) is 0.475. The zero-order valence-corrected chi connectivity index (χ0v) is 14.5. The molecule has 1 heterocycles. The van der Waals surface area contributed by atoms with Crippen molar-refractivity contribution in [3.8, 4) is 0 Å². The molecule has 0 aromatic heterocycles. The largest absolute Gasteiger partial charge is 0.376 e. The van der Waals surface area contributed by atoms with Gasteiger partial charge in [0, 0.05) is 23.9 Å². The number of ether oxygens (including phenoxy) is 1. The SMILES string of the molecule is Cc1ccc(NCC(=O)NNC(=S)NC[C@@H]2CCCO2)cc1Cl. The first kappa shape index (κ1) is 17.8. The van der Waals surface area contributed by atoms with Crippen molar-refractivity contribution in [1.82, 2.24) is 16.2 Å². The van der Waals surface area contributed by atoms with Gasteiger partial charge in [-0.2, -0.15) is 0 Å². The highest BCUT2D eigenvalue weighted by Gasteiger charge is 2.15. The molecule has 0 saturated carbocycles. The number of anilines is 1. The molecule has 0 unspecified atom stereocenters. The number of thiocarbonyl (C=S) groups is 1.